The number of nitrogens with zero attached hydrogens (tertiary/aromatic N) is 2. The van der Waals surface area contributed by atoms with Gasteiger partial charge in [-0.05, 0) is 59.6 Å². The highest BCUT2D eigenvalue weighted by Crippen LogP contribution is 2.29. The maximum absolute atomic E-state index is 12.1. The smallest absolute Gasteiger partial charge is 0.250 e. The van der Waals surface area contributed by atoms with Gasteiger partial charge in [-0.3, -0.25) is 4.79 Å². The third kappa shape index (κ3) is 5.62. The summed E-state index contributed by atoms with van der Waals surface area (Å²) in [5.41, 5.74) is 7.99. The SMILES string of the molecule is Cc1c(Br)c(/C=N\NC(=O)CSCc2cccc(Br)c2)c(C)n1-c1ccccc1. The van der Waals surface area contributed by atoms with Crippen LogP contribution in [-0.4, -0.2) is 22.4 Å². The first kappa shape index (κ1) is 21.9. The largest absolute Gasteiger partial charge is 0.317 e. The highest BCUT2D eigenvalue weighted by Gasteiger charge is 2.15. The molecule has 0 aliphatic rings. The summed E-state index contributed by atoms with van der Waals surface area (Å²) in [4.78, 5) is 12.1. The minimum absolute atomic E-state index is 0.116. The molecule has 4 nitrogen and oxygen atoms in total. The molecule has 2 aromatic carbocycles. The van der Waals surface area contributed by atoms with E-state index in [1.54, 1.807) is 18.0 Å². The second kappa shape index (κ2) is 10.3. The summed E-state index contributed by atoms with van der Waals surface area (Å²) in [7, 11) is 0. The Morgan fingerprint density at radius 3 is 2.59 bits per heavy atom. The monoisotopic (exact) mass is 533 g/mol. The van der Waals surface area contributed by atoms with Gasteiger partial charge in [0, 0.05) is 37.3 Å². The normalized spacial score (nSPS) is 11.2. The van der Waals surface area contributed by atoms with Crippen LogP contribution in [0.15, 0.2) is 68.6 Å². The van der Waals surface area contributed by atoms with Crippen molar-refractivity contribution in [3.05, 3.63) is 86.1 Å². The summed E-state index contributed by atoms with van der Waals surface area (Å²) in [6.45, 7) is 4.10. The Labute approximate surface area is 192 Å². The Balaban J connectivity index is 1.59. The Morgan fingerprint density at radius 1 is 1.10 bits per heavy atom. The number of hydrogen-bond acceptors (Lipinski definition) is 3. The summed E-state index contributed by atoms with van der Waals surface area (Å²) < 4.78 is 4.19. The van der Waals surface area contributed by atoms with E-state index in [1.165, 1.54) is 5.56 Å². The molecule has 0 atom stereocenters. The first-order chi connectivity index (χ1) is 14.0. The number of nitrogens with one attached hydrogen (secondary N) is 1. The molecule has 0 fully saturated rings. The zero-order chi connectivity index (χ0) is 20.8. The standard InChI is InChI=1S/C22H21Br2N3OS/c1-15-20(22(24)16(2)27(15)19-9-4-3-5-10-19)12-25-26-21(28)14-29-13-17-7-6-8-18(23)11-17/h3-12H,13-14H2,1-2H3,(H,26,28)/b25-12-. The van der Waals surface area contributed by atoms with E-state index in [1.807, 2.05) is 43.3 Å². The van der Waals surface area contributed by atoms with Crippen molar-refractivity contribution < 1.29 is 4.79 Å². The van der Waals surface area contributed by atoms with Crippen LogP contribution >= 0.6 is 43.6 Å². The van der Waals surface area contributed by atoms with Crippen LogP contribution in [0, 0.1) is 13.8 Å². The van der Waals surface area contributed by atoms with Crippen LogP contribution in [0.2, 0.25) is 0 Å². The Hall–Kier alpha value is -1.83. The van der Waals surface area contributed by atoms with E-state index in [0.29, 0.717) is 5.75 Å². The molecular formula is C22H21Br2N3OS. The lowest BCUT2D eigenvalue weighted by Crippen LogP contribution is -2.19. The molecule has 3 rings (SSSR count). The lowest BCUT2D eigenvalue weighted by Gasteiger charge is -2.08. The molecule has 0 aliphatic heterocycles. The fourth-order valence-electron chi connectivity index (χ4n) is 3.03. The van der Waals surface area contributed by atoms with Gasteiger partial charge in [-0.25, -0.2) is 5.43 Å². The molecule has 150 valence electrons. The number of para-hydroxylation sites is 1. The fraction of sp³-hybridized carbons (Fsp3) is 0.182. The topological polar surface area (TPSA) is 46.4 Å². The number of hydrazone groups is 1. The molecule has 3 aromatic rings. The lowest BCUT2D eigenvalue weighted by molar-refractivity contribution is -0.118. The van der Waals surface area contributed by atoms with Crippen LogP contribution in [-0.2, 0) is 10.5 Å². The van der Waals surface area contributed by atoms with Crippen molar-refractivity contribution >= 4 is 55.7 Å². The molecule has 1 heterocycles. The van der Waals surface area contributed by atoms with Crippen LogP contribution in [0.25, 0.3) is 5.69 Å². The zero-order valence-corrected chi connectivity index (χ0v) is 20.1. The van der Waals surface area contributed by atoms with Gasteiger partial charge in [0.1, 0.15) is 0 Å². The van der Waals surface area contributed by atoms with Gasteiger partial charge in [0.05, 0.1) is 12.0 Å². The molecule has 29 heavy (non-hydrogen) atoms. The summed E-state index contributed by atoms with van der Waals surface area (Å²) in [5.74, 6) is 1.02. The molecule has 1 amide bonds. The van der Waals surface area contributed by atoms with Crippen LogP contribution in [0.5, 0.6) is 0 Å². The van der Waals surface area contributed by atoms with Gasteiger partial charge in [0.15, 0.2) is 0 Å². The second-order valence-corrected chi connectivity index (χ2v) is 9.18. The van der Waals surface area contributed by atoms with Gasteiger partial charge in [-0.15, -0.1) is 11.8 Å². The van der Waals surface area contributed by atoms with Crippen LogP contribution in [0.1, 0.15) is 22.5 Å². The van der Waals surface area contributed by atoms with Crippen molar-refractivity contribution in [2.45, 2.75) is 19.6 Å². The predicted molar refractivity (Wildman–Crippen MR) is 129 cm³/mol. The van der Waals surface area contributed by atoms with E-state index in [-0.39, 0.29) is 5.91 Å². The van der Waals surface area contributed by atoms with E-state index >= 15 is 0 Å². The number of amides is 1. The number of aromatic nitrogens is 1. The first-order valence-electron chi connectivity index (χ1n) is 9.04. The molecule has 1 aromatic heterocycles. The van der Waals surface area contributed by atoms with Gasteiger partial charge in [-0.2, -0.15) is 5.10 Å². The van der Waals surface area contributed by atoms with Gasteiger partial charge in [0.25, 0.3) is 0 Å². The van der Waals surface area contributed by atoms with Gasteiger partial charge >= 0.3 is 0 Å². The summed E-state index contributed by atoms with van der Waals surface area (Å²) >= 11 is 8.68. The molecule has 0 aliphatic carbocycles. The van der Waals surface area contributed by atoms with E-state index in [2.05, 4.69) is 72.1 Å². The highest BCUT2D eigenvalue weighted by atomic mass is 79.9. The third-order valence-electron chi connectivity index (χ3n) is 4.40. The average Bonchev–Trinajstić information content (AvgIpc) is 2.92. The maximum atomic E-state index is 12.1. The number of carbonyl (C=O) groups excluding carboxylic acids is 1. The fourth-order valence-corrected chi connectivity index (χ4v) is 4.81. The molecule has 0 saturated heterocycles. The van der Waals surface area contributed by atoms with E-state index in [9.17, 15) is 4.79 Å². The van der Waals surface area contributed by atoms with E-state index < -0.39 is 0 Å². The number of benzene rings is 2. The van der Waals surface area contributed by atoms with Crippen LogP contribution in [0.3, 0.4) is 0 Å². The minimum Gasteiger partial charge on any atom is -0.317 e. The highest BCUT2D eigenvalue weighted by molar-refractivity contribution is 9.10. The van der Waals surface area contributed by atoms with Crippen molar-refractivity contribution in [2.75, 3.05) is 5.75 Å². The third-order valence-corrected chi connectivity index (χ3v) is 6.90. The lowest BCUT2D eigenvalue weighted by atomic mass is 10.2. The first-order valence-corrected chi connectivity index (χ1v) is 11.8. The molecule has 0 unspecified atom stereocenters. The Bertz CT molecular complexity index is 1030. The number of hydrogen-bond donors (Lipinski definition) is 1. The second-order valence-electron chi connectivity index (χ2n) is 6.49. The van der Waals surface area contributed by atoms with Crippen molar-refractivity contribution in [1.82, 2.24) is 9.99 Å². The van der Waals surface area contributed by atoms with Crippen LogP contribution in [0.4, 0.5) is 0 Å². The van der Waals surface area contributed by atoms with Gasteiger partial charge in [-0.1, -0.05) is 46.3 Å². The zero-order valence-electron chi connectivity index (χ0n) is 16.2. The van der Waals surface area contributed by atoms with Crippen molar-refractivity contribution in [3.63, 3.8) is 0 Å². The molecular weight excluding hydrogens is 514 g/mol. The molecule has 0 saturated carbocycles. The number of rotatable bonds is 7. The Kier molecular flexibility index (Phi) is 7.75. The minimum atomic E-state index is -0.116. The molecule has 0 bridgehead atoms. The Morgan fingerprint density at radius 2 is 1.86 bits per heavy atom. The van der Waals surface area contributed by atoms with Gasteiger partial charge < -0.3 is 4.57 Å². The van der Waals surface area contributed by atoms with Crippen molar-refractivity contribution in [2.24, 2.45) is 5.10 Å². The number of thioether (sulfide) groups is 1. The summed E-state index contributed by atoms with van der Waals surface area (Å²) in [6, 6.07) is 18.3. The maximum Gasteiger partial charge on any atom is 0.250 e. The van der Waals surface area contributed by atoms with Crippen molar-refractivity contribution in [3.8, 4) is 5.69 Å². The predicted octanol–water partition coefficient (Wildman–Crippen LogP) is 6.00. The molecule has 1 N–H and O–H groups in total. The quantitative estimate of drug-likeness (QED) is 0.298. The average molecular weight is 535 g/mol. The number of halogens is 2. The molecule has 0 radical (unpaired) electrons. The van der Waals surface area contributed by atoms with Crippen molar-refractivity contribution in [1.29, 1.82) is 0 Å². The number of carbonyl (C=O) groups is 1. The van der Waals surface area contributed by atoms with E-state index in [4.69, 9.17) is 0 Å². The molecule has 0 spiro atoms. The van der Waals surface area contributed by atoms with Crippen LogP contribution < -0.4 is 5.43 Å². The summed E-state index contributed by atoms with van der Waals surface area (Å²) in [6.07, 6.45) is 1.70. The summed E-state index contributed by atoms with van der Waals surface area (Å²) in [5, 5.41) is 4.16. The molecule has 7 heteroatoms. The van der Waals surface area contributed by atoms with E-state index in [0.717, 1.165) is 37.3 Å². The van der Waals surface area contributed by atoms with Gasteiger partial charge in [0.2, 0.25) is 5.91 Å².